The van der Waals surface area contributed by atoms with Crippen molar-refractivity contribution in [2.45, 2.75) is 32.6 Å². The summed E-state index contributed by atoms with van der Waals surface area (Å²) in [6, 6.07) is 0. The molecule has 0 aliphatic heterocycles. The van der Waals surface area contributed by atoms with E-state index in [0.29, 0.717) is 10.4 Å². The van der Waals surface area contributed by atoms with Crippen LogP contribution in [-0.4, -0.2) is 16.5 Å². The van der Waals surface area contributed by atoms with Gasteiger partial charge in [0.15, 0.2) is 0 Å². The third kappa shape index (κ3) is 2.59. The highest BCUT2D eigenvalue weighted by Crippen LogP contribution is 2.37. The molecule has 2 rings (SSSR count). The molecule has 1 N–H and O–H groups in total. The van der Waals surface area contributed by atoms with Gasteiger partial charge in [-0.2, -0.15) is 0 Å². The zero-order valence-electron chi connectivity index (χ0n) is 8.96. The summed E-state index contributed by atoms with van der Waals surface area (Å²) in [5.74, 6) is 0.750. The van der Waals surface area contributed by atoms with Gasteiger partial charge in [0, 0.05) is 6.54 Å². The van der Waals surface area contributed by atoms with Crippen LogP contribution < -0.4 is 5.32 Å². The summed E-state index contributed by atoms with van der Waals surface area (Å²) in [6.07, 6.45) is 8.41. The first-order valence-corrected chi connectivity index (χ1v) is 5.77. The molecule has 0 spiro atoms. The lowest BCUT2D eigenvalue weighted by Gasteiger charge is -2.24. The molecule has 1 heterocycles. The van der Waals surface area contributed by atoms with Crippen LogP contribution in [0.1, 0.15) is 32.6 Å². The fraction of sp³-hybridized carbons (Fsp3) is 0.636. The van der Waals surface area contributed by atoms with Crippen molar-refractivity contribution in [3.05, 3.63) is 17.5 Å². The Bertz CT molecular complexity index is 334. The summed E-state index contributed by atoms with van der Waals surface area (Å²) in [7, 11) is 0. The Morgan fingerprint density at radius 1 is 1.47 bits per heavy atom. The van der Waals surface area contributed by atoms with Crippen molar-refractivity contribution in [3.8, 4) is 0 Å². The van der Waals surface area contributed by atoms with E-state index < -0.39 is 0 Å². The quantitative estimate of drug-likeness (QED) is 0.859. The van der Waals surface area contributed by atoms with Gasteiger partial charge in [0.1, 0.15) is 17.2 Å². The van der Waals surface area contributed by atoms with E-state index in [1.54, 1.807) is 6.20 Å². The number of halogens is 1. The number of aromatic nitrogens is 2. The number of nitrogens with zero attached hydrogens (tertiary/aromatic N) is 2. The van der Waals surface area contributed by atoms with Crippen LogP contribution in [-0.2, 0) is 0 Å². The van der Waals surface area contributed by atoms with Crippen LogP contribution >= 0.6 is 11.6 Å². The Labute approximate surface area is 95.3 Å². The van der Waals surface area contributed by atoms with Crippen LogP contribution in [0.25, 0.3) is 0 Å². The molecule has 0 atom stereocenters. The Balaban J connectivity index is 1.95. The molecule has 0 aromatic carbocycles. The highest BCUT2D eigenvalue weighted by molar-refractivity contribution is 6.32. The molecule has 1 aliphatic rings. The summed E-state index contributed by atoms with van der Waals surface area (Å²) in [6.45, 7) is 3.27. The van der Waals surface area contributed by atoms with Gasteiger partial charge in [0.25, 0.3) is 0 Å². The van der Waals surface area contributed by atoms with Crippen molar-refractivity contribution in [3.63, 3.8) is 0 Å². The van der Waals surface area contributed by atoms with Crippen molar-refractivity contribution in [1.29, 1.82) is 0 Å². The highest BCUT2D eigenvalue weighted by Gasteiger charge is 2.28. The van der Waals surface area contributed by atoms with E-state index in [1.807, 2.05) is 0 Å². The molecule has 15 heavy (non-hydrogen) atoms. The summed E-state index contributed by atoms with van der Waals surface area (Å²) in [5.41, 5.74) is 0.411. The third-order valence-corrected chi connectivity index (χ3v) is 3.44. The maximum absolute atomic E-state index is 5.97. The van der Waals surface area contributed by atoms with Crippen LogP contribution in [0.2, 0.25) is 5.02 Å². The lowest BCUT2D eigenvalue weighted by molar-refractivity contribution is 0.361. The fourth-order valence-corrected chi connectivity index (χ4v) is 2.32. The number of rotatable bonds is 3. The van der Waals surface area contributed by atoms with Gasteiger partial charge in [-0.3, -0.25) is 0 Å². The van der Waals surface area contributed by atoms with E-state index >= 15 is 0 Å². The summed E-state index contributed by atoms with van der Waals surface area (Å²) < 4.78 is 0. The van der Waals surface area contributed by atoms with Gasteiger partial charge in [-0.1, -0.05) is 31.4 Å². The Kier molecular flexibility index (Phi) is 3.10. The zero-order chi connectivity index (χ0) is 10.7. The van der Waals surface area contributed by atoms with Crippen molar-refractivity contribution < 1.29 is 0 Å². The van der Waals surface area contributed by atoms with Crippen molar-refractivity contribution in [2.24, 2.45) is 5.41 Å². The normalized spacial score (nSPS) is 19.1. The van der Waals surface area contributed by atoms with Gasteiger partial charge in [-0.05, 0) is 18.3 Å². The Morgan fingerprint density at radius 3 is 2.87 bits per heavy atom. The number of hydrogen-bond acceptors (Lipinski definition) is 3. The molecule has 0 bridgehead atoms. The van der Waals surface area contributed by atoms with E-state index in [-0.39, 0.29) is 0 Å². The van der Waals surface area contributed by atoms with Gasteiger partial charge in [-0.15, -0.1) is 0 Å². The molecule has 1 fully saturated rings. The third-order valence-electron chi connectivity index (χ3n) is 3.16. The predicted octanol–water partition coefficient (Wildman–Crippen LogP) is 3.12. The first-order chi connectivity index (χ1) is 7.20. The largest absolute Gasteiger partial charge is 0.368 e. The summed E-state index contributed by atoms with van der Waals surface area (Å²) >= 11 is 5.97. The molecule has 82 valence electrons. The highest BCUT2D eigenvalue weighted by atomic mass is 35.5. The van der Waals surface area contributed by atoms with Gasteiger partial charge < -0.3 is 5.32 Å². The number of hydrogen-bond donors (Lipinski definition) is 1. The number of nitrogens with one attached hydrogen (secondary N) is 1. The van der Waals surface area contributed by atoms with Crippen molar-refractivity contribution in [2.75, 3.05) is 11.9 Å². The minimum atomic E-state index is 0.411. The second-order valence-corrected chi connectivity index (χ2v) is 5.00. The summed E-state index contributed by atoms with van der Waals surface area (Å²) in [4.78, 5) is 7.98. The maximum atomic E-state index is 5.97. The first-order valence-electron chi connectivity index (χ1n) is 5.39. The average Bonchev–Trinajstić information content (AvgIpc) is 2.65. The minimum Gasteiger partial charge on any atom is -0.368 e. The predicted molar refractivity (Wildman–Crippen MR) is 62.1 cm³/mol. The molecule has 1 aromatic heterocycles. The Morgan fingerprint density at radius 2 is 2.20 bits per heavy atom. The van der Waals surface area contributed by atoms with Crippen molar-refractivity contribution in [1.82, 2.24) is 9.97 Å². The molecule has 3 nitrogen and oxygen atoms in total. The summed E-state index contributed by atoms with van der Waals surface area (Å²) in [5, 5.41) is 3.91. The van der Waals surface area contributed by atoms with E-state index in [9.17, 15) is 0 Å². The van der Waals surface area contributed by atoms with E-state index in [2.05, 4.69) is 22.2 Å². The van der Waals surface area contributed by atoms with Gasteiger partial charge in [0.05, 0.1) is 6.20 Å². The molecule has 4 heteroatoms. The zero-order valence-corrected chi connectivity index (χ0v) is 9.72. The molecule has 0 saturated heterocycles. The fourth-order valence-electron chi connectivity index (χ4n) is 2.15. The SMILES string of the molecule is CC1(CNc2ncncc2Cl)CCCC1. The molecular formula is C11H16ClN3. The van der Waals surface area contributed by atoms with Crippen LogP contribution in [0, 0.1) is 5.41 Å². The molecule has 1 saturated carbocycles. The first kappa shape index (κ1) is 10.7. The topological polar surface area (TPSA) is 37.8 Å². The molecular weight excluding hydrogens is 210 g/mol. The second kappa shape index (κ2) is 4.35. The molecule has 0 amide bonds. The van der Waals surface area contributed by atoms with Crippen LogP contribution in [0.15, 0.2) is 12.5 Å². The maximum Gasteiger partial charge on any atom is 0.148 e. The van der Waals surface area contributed by atoms with Crippen LogP contribution in [0.5, 0.6) is 0 Å². The minimum absolute atomic E-state index is 0.411. The van der Waals surface area contributed by atoms with E-state index in [1.165, 1.54) is 32.0 Å². The van der Waals surface area contributed by atoms with E-state index in [0.717, 1.165) is 12.4 Å². The lowest BCUT2D eigenvalue weighted by Crippen LogP contribution is -2.23. The Hall–Kier alpha value is -0.830. The lowest BCUT2D eigenvalue weighted by atomic mass is 9.89. The molecule has 0 unspecified atom stereocenters. The number of anilines is 1. The van der Waals surface area contributed by atoms with Crippen LogP contribution in [0.3, 0.4) is 0 Å². The molecule has 0 radical (unpaired) electrons. The smallest absolute Gasteiger partial charge is 0.148 e. The van der Waals surface area contributed by atoms with Crippen LogP contribution in [0.4, 0.5) is 5.82 Å². The molecule has 1 aliphatic carbocycles. The van der Waals surface area contributed by atoms with Gasteiger partial charge >= 0.3 is 0 Å². The molecule has 1 aromatic rings. The monoisotopic (exact) mass is 225 g/mol. The van der Waals surface area contributed by atoms with E-state index in [4.69, 9.17) is 11.6 Å². The van der Waals surface area contributed by atoms with Gasteiger partial charge in [0.2, 0.25) is 0 Å². The average molecular weight is 226 g/mol. The standard InChI is InChI=1S/C11H16ClN3/c1-11(4-2-3-5-11)7-14-10-9(12)6-13-8-15-10/h6,8H,2-5,7H2,1H3,(H,13,14,15). The van der Waals surface area contributed by atoms with Crippen molar-refractivity contribution >= 4 is 17.4 Å². The second-order valence-electron chi connectivity index (χ2n) is 4.59. The van der Waals surface area contributed by atoms with Gasteiger partial charge in [-0.25, -0.2) is 9.97 Å².